The summed E-state index contributed by atoms with van der Waals surface area (Å²) in [5, 5.41) is 8.48. The molecule has 48 heavy (non-hydrogen) atoms. The molecule has 0 saturated carbocycles. The van der Waals surface area contributed by atoms with Crippen molar-refractivity contribution < 1.29 is 14.4 Å². The van der Waals surface area contributed by atoms with Crippen molar-refractivity contribution in [3.05, 3.63) is 125 Å². The number of rotatable bonds is 9. The van der Waals surface area contributed by atoms with Crippen LogP contribution in [0.25, 0.3) is 33.1 Å². The van der Waals surface area contributed by atoms with E-state index in [1.807, 2.05) is 72.8 Å². The molecule has 7 aromatic rings. The van der Waals surface area contributed by atoms with Crippen LogP contribution >= 0.6 is 37.2 Å². The van der Waals surface area contributed by atoms with Crippen molar-refractivity contribution in [1.29, 1.82) is 0 Å². The highest BCUT2D eigenvalue weighted by Crippen LogP contribution is 2.15. The molecule has 0 aliphatic carbocycles. The molecule has 6 N–H and O–H groups in total. The first kappa shape index (κ1) is 35.4. The molecule has 0 bridgehead atoms. The first-order chi connectivity index (χ1) is 22.0. The molecular weight excluding hydrogens is 677 g/mol. The first-order valence-electron chi connectivity index (χ1n) is 14.3. The van der Waals surface area contributed by atoms with Crippen molar-refractivity contribution in [2.45, 2.75) is 19.6 Å². The van der Waals surface area contributed by atoms with E-state index < -0.39 is 17.7 Å². The van der Waals surface area contributed by atoms with E-state index in [-0.39, 0.29) is 73.5 Å². The molecule has 0 aliphatic heterocycles. The van der Waals surface area contributed by atoms with E-state index in [9.17, 15) is 14.4 Å². The zero-order valence-corrected chi connectivity index (χ0v) is 27.5. The number of fused-ring (bicyclic) bond motifs is 3. The third-order valence-electron chi connectivity index (χ3n) is 7.28. The number of imidazole rings is 3. The summed E-state index contributed by atoms with van der Waals surface area (Å²) in [4.78, 5) is 62.9. The second kappa shape index (κ2) is 15.4. The molecule has 0 spiro atoms. The highest BCUT2D eigenvalue weighted by molar-refractivity contribution is 6.04. The fourth-order valence-electron chi connectivity index (χ4n) is 5.09. The Hall–Kier alpha value is -5.43. The molecule has 7 rings (SSSR count). The summed E-state index contributed by atoms with van der Waals surface area (Å²) in [5.74, 6) is 0.338. The van der Waals surface area contributed by atoms with Crippen molar-refractivity contribution in [2.75, 3.05) is 0 Å². The van der Waals surface area contributed by atoms with Gasteiger partial charge in [-0.05, 0) is 54.6 Å². The molecule has 12 nitrogen and oxygen atoms in total. The standard InChI is InChI=1S/C33H27N9O3.3ClH/c43-31(34-16-28-37-22-7-1-2-8-23(22)38-28)19-13-20(32(44)35-17-29-39-24-9-3-4-10-25(24)40-29)15-21(14-19)33(45)36-18-30-41-26-11-5-6-12-27(26)42-30;;;/h1-15H,16-18H2,(H,34,43)(H,35,44)(H,36,45)(H,37,38)(H,39,40)(H,41,42);3*1H. The van der Waals surface area contributed by atoms with Crippen LogP contribution in [-0.2, 0) is 19.6 Å². The highest BCUT2D eigenvalue weighted by atomic mass is 35.5. The van der Waals surface area contributed by atoms with Crippen LogP contribution in [0.15, 0.2) is 91.0 Å². The minimum Gasteiger partial charge on any atom is -0.345 e. The fraction of sp³-hybridized carbons (Fsp3) is 0.0909. The van der Waals surface area contributed by atoms with Gasteiger partial charge in [0.2, 0.25) is 0 Å². The van der Waals surface area contributed by atoms with Gasteiger partial charge in [0.05, 0.1) is 52.7 Å². The average molecular weight is 707 g/mol. The van der Waals surface area contributed by atoms with E-state index >= 15 is 0 Å². The van der Waals surface area contributed by atoms with Gasteiger partial charge in [0.1, 0.15) is 17.5 Å². The maximum Gasteiger partial charge on any atom is 0.251 e. The molecule has 3 heterocycles. The van der Waals surface area contributed by atoms with E-state index in [1.165, 1.54) is 18.2 Å². The van der Waals surface area contributed by atoms with E-state index in [4.69, 9.17) is 0 Å². The summed E-state index contributed by atoms with van der Waals surface area (Å²) in [6.07, 6.45) is 0. The molecule has 246 valence electrons. The Labute approximate surface area is 292 Å². The van der Waals surface area contributed by atoms with Crippen LogP contribution < -0.4 is 16.0 Å². The van der Waals surface area contributed by atoms with Gasteiger partial charge >= 0.3 is 0 Å². The van der Waals surface area contributed by atoms with Crippen molar-refractivity contribution in [2.24, 2.45) is 0 Å². The molecular formula is C33H30Cl3N9O3. The number of hydrogen-bond donors (Lipinski definition) is 6. The van der Waals surface area contributed by atoms with Crippen LogP contribution in [0.3, 0.4) is 0 Å². The van der Waals surface area contributed by atoms with Gasteiger partial charge in [0.15, 0.2) is 0 Å². The van der Waals surface area contributed by atoms with Gasteiger partial charge < -0.3 is 30.9 Å². The normalized spacial score (nSPS) is 10.5. The zero-order chi connectivity index (χ0) is 30.8. The van der Waals surface area contributed by atoms with Crippen molar-refractivity contribution >= 4 is 88.0 Å². The van der Waals surface area contributed by atoms with Crippen LogP contribution in [0.1, 0.15) is 48.5 Å². The van der Waals surface area contributed by atoms with E-state index in [0.29, 0.717) is 17.5 Å². The lowest BCUT2D eigenvalue weighted by molar-refractivity contribution is 0.0949. The number of benzene rings is 4. The van der Waals surface area contributed by atoms with E-state index in [0.717, 1.165) is 33.1 Å². The molecule has 4 aromatic carbocycles. The quantitative estimate of drug-likeness (QED) is 0.118. The molecule has 0 saturated heterocycles. The summed E-state index contributed by atoms with van der Waals surface area (Å²) in [6.45, 7) is 0.386. The van der Waals surface area contributed by atoms with Gasteiger partial charge in [0.25, 0.3) is 17.7 Å². The number of hydrogen-bond acceptors (Lipinski definition) is 6. The number of carbonyl (C=O) groups is 3. The molecule has 0 atom stereocenters. The van der Waals surface area contributed by atoms with Crippen molar-refractivity contribution in [1.82, 2.24) is 45.9 Å². The van der Waals surface area contributed by atoms with Crippen molar-refractivity contribution in [3.63, 3.8) is 0 Å². The molecule has 0 radical (unpaired) electrons. The van der Waals surface area contributed by atoms with Crippen LogP contribution in [0.4, 0.5) is 0 Å². The van der Waals surface area contributed by atoms with Gasteiger partial charge in [-0.15, -0.1) is 37.2 Å². The lowest BCUT2D eigenvalue weighted by Crippen LogP contribution is -2.28. The first-order valence-corrected chi connectivity index (χ1v) is 14.3. The SMILES string of the molecule is Cl.Cl.Cl.O=C(NCc1nc2ccccc2[nH]1)c1cc(C(=O)NCc2nc3ccccc3[nH]2)cc(C(=O)NCc2nc3ccccc3[nH]2)c1. The Balaban J connectivity index is 0.00000173. The maximum atomic E-state index is 13.3. The van der Waals surface area contributed by atoms with Gasteiger partial charge in [-0.1, -0.05) is 36.4 Å². The Bertz CT molecular complexity index is 1870. The number of aromatic nitrogens is 6. The molecule has 0 unspecified atom stereocenters. The summed E-state index contributed by atoms with van der Waals surface area (Å²) in [6, 6.07) is 27.0. The topological polar surface area (TPSA) is 173 Å². The molecule has 3 amide bonds. The fourth-order valence-corrected chi connectivity index (χ4v) is 5.09. The lowest BCUT2D eigenvalue weighted by Gasteiger charge is -2.11. The third-order valence-corrected chi connectivity index (χ3v) is 7.28. The number of carbonyl (C=O) groups excluding carboxylic acids is 3. The van der Waals surface area contributed by atoms with Crippen LogP contribution in [0, 0.1) is 0 Å². The van der Waals surface area contributed by atoms with Gasteiger partial charge in [-0.25, -0.2) is 15.0 Å². The smallest absolute Gasteiger partial charge is 0.251 e. The number of nitrogens with zero attached hydrogens (tertiary/aromatic N) is 3. The third kappa shape index (κ3) is 7.74. The predicted molar refractivity (Wildman–Crippen MR) is 190 cm³/mol. The zero-order valence-electron chi connectivity index (χ0n) is 25.1. The second-order valence-corrected chi connectivity index (χ2v) is 10.4. The van der Waals surface area contributed by atoms with Gasteiger partial charge in [-0.3, -0.25) is 14.4 Å². The number of amides is 3. The minimum atomic E-state index is -0.464. The molecule has 0 fully saturated rings. The van der Waals surface area contributed by atoms with Crippen molar-refractivity contribution in [3.8, 4) is 0 Å². The predicted octanol–water partition coefficient (Wildman–Crippen LogP) is 5.37. The summed E-state index contributed by atoms with van der Waals surface area (Å²) < 4.78 is 0. The summed E-state index contributed by atoms with van der Waals surface area (Å²) in [5.41, 5.74) is 5.37. The van der Waals surface area contributed by atoms with E-state index in [2.05, 4.69) is 45.9 Å². The van der Waals surface area contributed by atoms with Crippen LogP contribution in [0.5, 0.6) is 0 Å². The number of para-hydroxylation sites is 6. The average Bonchev–Trinajstić information content (AvgIpc) is 3.80. The monoisotopic (exact) mass is 705 g/mol. The lowest BCUT2D eigenvalue weighted by atomic mass is 10.0. The molecule has 15 heteroatoms. The minimum absolute atomic E-state index is 0. The number of H-pyrrole nitrogens is 3. The maximum absolute atomic E-state index is 13.3. The highest BCUT2D eigenvalue weighted by Gasteiger charge is 2.18. The van der Waals surface area contributed by atoms with Gasteiger partial charge in [-0.2, -0.15) is 0 Å². The summed E-state index contributed by atoms with van der Waals surface area (Å²) >= 11 is 0. The second-order valence-electron chi connectivity index (χ2n) is 10.4. The van der Waals surface area contributed by atoms with Gasteiger partial charge in [0, 0.05) is 16.7 Å². The van der Waals surface area contributed by atoms with Crippen LogP contribution in [-0.4, -0.2) is 47.6 Å². The molecule has 0 aliphatic rings. The largest absolute Gasteiger partial charge is 0.345 e. The Morgan fingerprint density at radius 3 is 1.00 bits per heavy atom. The molecule has 3 aromatic heterocycles. The Morgan fingerprint density at radius 1 is 0.458 bits per heavy atom. The summed E-state index contributed by atoms with van der Waals surface area (Å²) in [7, 11) is 0. The number of halogens is 3. The number of aromatic amines is 3. The Morgan fingerprint density at radius 2 is 0.729 bits per heavy atom. The Kier molecular flexibility index (Phi) is 11.4. The van der Waals surface area contributed by atoms with E-state index in [1.54, 1.807) is 0 Å². The number of nitrogens with one attached hydrogen (secondary N) is 6. The van der Waals surface area contributed by atoms with Crippen LogP contribution in [0.2, 0.25) is 0 Å².